The second-order valence-corrected chi connectivity index (χ2v) is 5.57. The van der Waals surface area contributed by atoms with Crippen LogP contribution in [0.5, 0.6) is 0 Å². The summed E-state index contributed by atoms with van der Waals surface area (Å²) >= 11 is 1.32. The third kappa shape index (κ3) is 7.30. The minimum atomic E-state index is -1.09. The van der Waals surface area contributed by atoms with E-state index in [9.17, 15) is 14.7 Å². The van der Waals surface area contributed by atoms with Crippen LogP contribution < -0.4 is 5.32 Å². The first-order valence-corrected chi connectivity index (χ1v) is 7.47. The van der Waals surface area contributed by atoms with Crippen molar-refractivity contribution in [1.82, 2.24) is 5.32 Å². The molecule has 0 rings (SSSR count). The normalized spacial score (nSPS) is 14.9. The monoisotopic (exact) mass is 302 g/mol. The Balaban J connectivity index is 4.90. The summed E-state index contributed by atoms with van der Waals surface area (Å²) in [6.45, 7) is 7.24. The maximum Gasteiger partial charge on any atom is 0.321 e. The van der Waals surface area contributed by atoms with Gasteiger partial charge in [-0.3, -0.25) is 19.9 Å². The molecule has 0 saturated heterocycles. The van der Waals surface area contributed by atoms with E-state index in [1.54, 1.807) is 6.26 Å². The molecule has 0 amide bonds. The maximum absolute atomic E-state index is 11.3. The number of nitrogens with zero attached hydrogens (tertiary/aromatic N) is 1. The molecule has 114 valence electrons. The SMILES string of the molecule is C=CN=C(CC(NC(CC(C)C)C(=O)O)C(=O)O)SC. The van der Waals surface area contributed by atoms with Gasteiger partial charge in [-0.2, -0.15) is 0 Å². The van der Waals surface area contributed by atoms with Crippen molar-refractivity contribution in [3.05, 3.63) is 12.8 Å². The van der Waals surface area contributed by atoms with Crippen molar-refractivity contribution in [3.63, 3.8) is 0 Å². The van der Waals surface area contributed by atoms with Gasteiger partial charge in [0.25, 0.3) is 0 Å². The Morgan fingerprint density at radius 3 is 2.20 bits per heavy atom. The van der Waals surface area contributed by atoms with Crippen LogP contribution in [-0.2, 0) is 9.59 Å². The van der Waals surface area contributed by atoms with Gasteiger partial charge >= 0.3 is 11.9 Å². The van der Waals surface area contributed by atoms with Gasteiger partial charge in [-0.15, -0.1) is 11.8 Å². The smallest absolute Gasteiger partial charge is 0.321 e. The highest BCUT2D eigenvalue weighted by Crippen LogP contribution is 2.11. The molecule has 0 heterocycles. The summed E-state index contributed by atoms with van der Waals surface area (Å²) in [7, 11) is 0. The fourth-order valence-electron chi connectivity index (χ4n) is 1.64. The molecule has 0 aromatic rings. The minimum Gasteiger partial charge on any atom is -0.480 e. The lowest BCUT2D eigenvalue weighted by atomic mass is 10.0. The average molecular weight is 302 g/mol. The summed E-state index contributed by atoms with van der Waals surface area (Å²) < 4.78 is 0. The highest BCUT2D eigenvalue weighted by atomic mass is 32.2. The van der Waals surface area contributed by atoms with Gasteiger partial charge in [0.05, 0.1) is 5.04 Å². The van der Waals surface area contributed by atoms with Crippen molar-refractivity contribution in [3.8, 4) is 0 Å². The van der Waals surface area contributed by atoms with Crippen molar-refractivity contribution in [1.29, 1.82) is 0 Å². The minimum absolute atomic E-state index is 0.129. The Hall–Kier alpha value is -1.34. The fourth-order valence-corrected chi connectivity index (χ4v) is 2.15. The van der Waals surface area contributed by atoms with E-state index in [1.165, 1.54) is 18.0 Å². The maximum atomic E-state index is 11.3. The van der Waals surface area contributed by atoms with Crippen LogP contribution in [-0.4, -0.2) is 45.5 Å². The number of nitrogens with one attached hydrogen (secondary N) is 1. The fraction of sp³-hybridized carbons (Fsp3) is 0.615. The summed E-state index contributed by atoms with van der Waals surface area (Å²) in [6.07, 6.45) is 3.62. The van der Waals surface area contributed by atoms with Gasteiger partial charge in [-0.25, -0.2) is 0 Å². The number of hydrogen-bond acceptors (Lipinski definition) is 5. The zero-order chi connectivity index (χ0) is 15.7. The Morgan fingerprint density at radius 2 is 1.85 bits per heavy atom. The topological polar surface area (TPSA) is 99.0 Å². The summed E-state index contributed by atoms with van der Waals surface area (Å²) in [6, 6.07) is -1.87. The van der Waals surface area contributed by atoms with Gasteiger partial charge in [0, 0.05) is 12.6 Å². The van der Waals surface area contributed by atoms with E-state index in [2.05, 4.69) is 16.9 Å². The second kappa shape index (κ2) is 9.55. The number of rotatable bonds is 9. The van der Waals surface area contributed by atoms with Crippen LogP contribution in [0.1, 0.15) is 26.7 Å². The van der Waals surface area contributed by atoms with Gasteiger partial charge in [-0.1, -0.05) is 20.4 Å². The summed E-state index contributed by atoms with van der Waals surface area (Å²) in [4.78, 5) is 26.4. The summed E-state index contributed by atoms with van der Waals surface area (Å²) in [5.74, 6) is -1.98. The molecule has 7 heteroatoms. The molecule has 0 aliphatic rings. The van der Waals surface area contributed by atoms with E-state index in [0.29, 0.717) is 11.5 Å². The molecule has 0 aromatic carbocycles. The molecule has 2 unspecified atom stereocenters. The number of carbonyl (C=O) groups is 2. The first-order valence-electron chi connectivity index (χ1n) is 6.25. The van der Waals surface area contributed by atoms with Gasteiger partial charge in [-0.05, 0) is 18.6 Å². The van der Waals surface area contributed by atoms with Crippen LogP contribution in [0.15, 0.2) is 17.8 Å². The van der Waals surface area contributed by atoms with Gasteiger partial charge in [0.15, 0.2) is 0 Å². The molecule has 0 fully saturated rings. The first kappa shape index (κ1) is 18.7. The van der Waals surface area contributed by atoms with E-state index in [4.69, 9.17) is 5.11 Å². The first-order chi connectivity index (χ1) is 9.31. The van der Waals surface area contributed by atoms with Crippen molar-refractivity contribution in [2.24, 2.45) is 10.9 Å². The van der Waals surface area contributed by atoms with E-state index in [0.717, 1.165) is 0 Å². The number of aliphatic carboxylic acids is 2. The lowest BCUT2D eigenvalue weighted by Gasteiger charge is -2.21. The van der Waals surface area contributed by atoms with Gasteiger partial charge < -0.3 is 10.2 Å². The molecular formula is C13H22N2O4S. The summed E-state index contributed by atoms with van der Waals surface area (Å²) in [5.41, 5.74) is 0. The van der Waals surface area contributed by atoms with Crippen LogP contribution in [0, 0.1) is 5.92 Å². The van der Waals surface area contributed by atoms with Crippen LogP contribution in [0.4, 0.5) is 0 Å². The van der Waals surface area contributed by atoms with Gasteiger partial charge in [0.1, 0.15) is 12.1 Å². The largest absolute Gasteiger partial charge is 0.480 e. The van der Waals surface area contributed by atoms with Crippen molar-refractivity contribution in [2.75, 3.05) is 6.26 Å². The molecule has 0 aromatic heterocycles. The number of thioether (sulfide) groups is 1. The molecule has 6 nitrogen and oxygen atoms in total. The van der Waals surface area contributed by atoms with E-state index >= 15 is 0 Å². The van der Waals surface area contributed by atoms with Crippen LogP contribution in [0.2, 0.25) is 0 Å². The lowest BCUT2D eigenvalue weighted by molar-refractivity contribution is -0.142. The molecule has 0 saturated carbocycles. The molecule has 0 aliphatic carbocycles. The standard InChI is InChI=1S/C13H22N2O4S/c1-5-14-11(20-4)7-10(13(18)19)15-9(12(16)17)6-8(2)3/h5,8-10,15H,1,6-7H2,2-4H3,(H,16,17)(H,18,19). The van der Waals surface area contributed by atoms with E-state index < -0.39 is 24.0 Å². The molecule has 0 radical (unpaired) electrons. The predicted molar refractivity (Wildman–Crippen MR) is 81.2 cm³/mol. The Morgan fingerprint density at radius 1 is 1.30 bits per heavy atom. The summed E-state index contributed by atoms with van der Waals surface area (Å²) in [5, 5.41) is 21.6. The Labute approximate surface area is 123 Å². The van der Waals surface area contributed by atoms with Crippen LogP contribution in [0.3, 0.4) is 0 Å². The van der Waals surface area contributed by atoms with Crippen LogP contribution >= 0.6 is 11.8 Å². The number of carboxylic acids is 2. The van der Waals surface area contributed by atoms with E-state index in [-0.39, 0.29) is 12.3 Å². The molecule has 0 bridgehead atoms. The van der Waals surface area contributed by atoms with Crippen molar-refractivity contribution in [2.45, 2.75) is 38.8 Å². The molecular weight excluding hydrogens is 280 g/mol. The second-order valence-electron chi connectivity index (χ2n) is 4.69. The number of carboxylic acid groups (broad SMARTS) is 2. The third-order valence-electron chi connectivity index (χ3n) is 2.56. The molecule has 2 atom stereocenters. The average Bonchev–Trinajstić information content (AvgIpc) is 2.34. The Bertz CT molecular complexity index is 383. The molecule has 20 heavy (non-hydrogen) atoms. The predicted octanol–water partition coefficient (Wildman–Crippen LogP) is 1.82. The van der Waals surface area contributed by atoms with E-state index in [1.807, 2.05) is 13.8 Å². The Kier molecular flexibility index (Phi) is 8.91. The third-order valence-corrected chi connectivity index (χ3v) is 3.30. The molecule has 0 spiro atoms. The molecule has 0 aliphatic heterocycles. The van der Waals surface area contributed by atoms with Crippen LogP contribution in [0.25, 0.3) is 0 Å². The number of aliphatic imine (C=N–C) groups is 1. The molecule has 3 N–H and O–H groups in total. The zero-order valence-corrected chi connectivity index (χ0v) is 12.8. The van der Waals surface area contributed by atoms with Crippen molar-refractivity contribution < 1.29 is 19.8 Å². The lowest BCUT2D eigenvalue weighted by Crippen LogP contribution is -2.48. The quantitative estimate of drug-likeness (QED) is 0.444. The highest BCUT2D eigenvalue weighted by Gasteiger charge is 2.27. The van der Waals surface area contributed by atoms with Gasteiger partial charge in [0.2, 0.25) is 0 Å². The zero-order valence-electron chi connectivity index (χ0n) is 12.0. The van der Waals surface area contributed by atoms with Crippen molar-refractivity contribution >= 4 is 28.7 Å². The number of hydrogen-bond donors (Lipinski definition) is 3. The highest BCUT2D eigenvalue weighted by molar-refractivity contribution is 8.13.